The number of hydrogen-bond donors (Lipinski definition) is 0. The van der Waals surface area contributed by atoms with Crippen molar-refractivity contribution in [3.05, 3.63) is 35.2 Å². The maximum atomic E-state index is 9.35. The van der Waals surface area contributed by atoms with Gasteiger partial charge in [0.25, 0.3) is 0 Å². The van der Waals surface area contributed by atoms with Gasteiger partial charge < -0.3 is 0 Å². The third-order valence-electron chi connectivity index (χ3n) is 4.81. The Morgan fingerprint density at radius 3 is 1.87 bits per heavy atom. The molecule has 0 saturated carbocycles. The topological polar surface area (TPSA) is 28.1 Å². The van der Waals surface area contributed by atoms with Crippen LogP contribution in [-0.2, 0) is 0 Å². The standard InChI is InChI=1S/C8H3N2.3C4H9.Sn/c1-10-8-4-2-3-7(5-8)6-9;3*1-3-4-2;/h3-5H;3*1,3-4H2,2H3;. The third kappa shape index (κ3) is 5.85. The Hall–Kier alpha value is -1.00. The van der Waals surface area contributed by atoms with Crippen LogP contribution in [0.15, 0.2) is 18.2 Å². The SMILES string of the molecule is [C-]#[N+]c1cc(C#N)c[c]([Sn]([CH2]CCC)([CH2]CCC)[CH2]CCC)c1. The van der Waals surface area contributed by atoms with Crippen molar-refractivity contribution in [3.8, 4) is 6.07 Å². The predicted molar refractivity (Wildman–Crippen MR) is 102 cm³/mol. The predicted octanol–water partition coefficient (Wildman–Crippen LogP) is 6.17. The zero-order chi connectivity index (χ0) is 17.1. The molecule has 0 aliphatic carbocycles. The molecule has 0 aliphatic rings. The monoisotopic (exact) mass is 418 g/mol. The molecule has 0 spiro atoms. The fourth-order valence-electron chi connectivity index (χ4n) is 3.40. The molecule has 0 heterocycles. The van der Waals surface area contributed by atoms with E-state index in [1.807, 2.05) is 0 Å². The average Bonchev–Trinajstić information content (AvgIpc) is 2.60. The summed E-state index contributed by atoms with van der Waals surface area (Å²) in [7, 11) is 0. The summed E-state index contributed by atoms with van der Waals surface area (Å²) in [6.45, 7) is 14.2. The Balaban J connectivity index is 3.34. The fraction of sp³-hybridized carbons (Fsp3) is 0.600. The second-order valence-electron chi connectivity index (χ2n) is 6.58. The number of benzene rings is 1. The van der Waals surface area contributed by atoms with Crippen LogP contribution in [0.4, 0.5) is 5.69 Å². The summed E-state index contributed by atoms with van der Waals surface area (Å²) in [6, 6.07) is 8.28. The van der Waals surface area contributed by atoms with Crippen LogP contribution in [0.5, 0.6) is 0 Å². The molecule has 0 atom stereocenters. The Morgan fingerprint density at radius 1 is 0.957 bits per heavy atom. The van der Waals surface area contributed by atoms with Crippen molar-refractivity contribution in [3.63, 3.8) is 0 Å². The number of hydrogen-bond acceptors (Lipinski definition) is 1. The molecule has 0 N–H and O–H groups in total. The van der Waals surface area contributed by atoms with E-state index in [1.54, 1.807) is 6.07 Å². The van der Waals surface area contributed by atoms with Crippen LogP contribution in [0.25, 0.3) is 4.85 Å². The molecule has 2 nitrogen and oxygen atoms in total. The molecule has 1 aromatic rings. The van der Waals surface area contributed by atoms with Gasteiger partial charge in [0.15, 0.2) is 0 Å². The van der Waals surface area contributed by atoms with E-state index in [1.165, 1.54) is 55.4 Å². The van der Waals surface area contributed by atoms with Crippen molar-refractivity contribution in [2.24, 2.45) is 0 Å². The molecule has 0 aliphatic heterocycles. The van der Waals surface area contributed by atoms with Gasteiger partial charge in [-0.1, -0.05) is 0 Å². The van der Waals surface area contributed by atoms with Gasteiger partial charge >= 0.3 is 147 Å². The molecule has 0 fully saturated rings. The summed E-state index contributed by atoms with van der Waals surface area (Å²) >= 11 is -2.52. The van der Waals surface area contributed by atoms with Crippen LogP contribution in [0.1, 0.15) is 64.9 Å². The minimum absolute atomic E-state index is 0.657. The van der Waals surface area contributed by atoms with Crippen LogP contribution in [0, 0.1) is 17.9 Å². The van der Waals surface area contributed by atoms with Gasteiger partial charge in [-0.3, -0.25) is 0 Å². The zero-order valence-electron chi connectivity index (χ0n) is 15.0. The number of unbranched alkanes of at least 4 members (excludes halogenated alkanes) is 3. The summed E-state index contributed by atoms with van der Waals surface area (Å²) in [5.74, 6) is 0. The van der Waals surface area contributed by atoms with Gasteiger partial charge in [0.2, 0.25) is 0 Å². The van der Waals surface area contributed by atoms with Crippen LogP contribution in [-0.4, -0.2) is 18.4 Å². The molecule has 124 valence electrons. The van der Waals surface area contributed by atoms with E-state index >= 15 is 0 Å². The van der Waals surface area contributed by atoms with Gasteiger partial charge in [0.05, 0.1) is 0 Å². The molecule has 1 rings (SSSR count). The first-order valence-electron chi connectivity index (χ1n) is 9.08. The third-order valence-corrected chi connectivity index (χ3v) is 20.4. The van der Waals surface area contributed by atoms with Crippen molar-refractivity contribution in [1.82, 2.24) is 0 Å². The first kappa shape index (κ1) is 20.0. The van der Waals surface area contributed by atoms with Crippen LogP contribution in [0.2, 0.25) is 13.3 Å². The summed E-state index contributed by atoms with van der Waals surface area (Å²) < 4.78 is 5.55. The van der Waals surface area contributed by atoms with Crippen molar-refractivity contribution in [2.45, 2.75) is 72.6 Å². The van der Waals surface area contributed by atoms with Gasteiger partial charge in [0, 0.05) is 0 Å². The molecule has 3 heteroatoms. The second kappa shape index (κ2) is 10.7. The van der Waals surface area contributed by atoms with Gasteiger partial charge in [0.1, 0.15) is 0 Å². The zero-order valence-corrected chi connectivity index (χ0v) is 17.8. The average molecular weight is 417 g/mol. The molecule has 23 heavy (non-hydrogen) atoms. The molecular formula is C20H30N2Sn. The van der Waals surface area contributed by atoms with Crippen LogP contribution < -0.4 is 3.58 Å². The summed E-state index contributed by atoms with van der Waals surface area (Å²) in [6.07, 6.45) is 7.62. The molecule has 0 aromatic heterocycles. The second-order valence-corrected chi connectivity index (χ2v) is 19.8. The first-order chi connectivity index (χ1) is 11.2. The molecule has 0 saturated heterocycles. The van der Waals surface area contributed by atoms with E-state index < -0.39 is 18.4 Å². The normalized spacial score (nSPS) is 11.0. The quantitative estimate of drug-likeness (QED) is 0.331. The van der Waals surface area contributed by atoms with Gasteiger partial charge in [-0.25, -0.2) is 0 Å². The molecule has 0 radical (unpaired) electrons. The fourth-order valence-corrected chi connectivity index (χ4v) is 19.4. The van der Waals surface area contributed by atoms with Gasteiger partial charge in [-0.2, -0.15) is 0 Å². The van der Waals surface area contributed by atoms with E-state index in [4.69, 9.17) is 6.57 Å². The Bertz CT molecular complexity index is 512. The van der Waals surface area contributed by atoms with Gasteiger partial charge in [-0.15, -0.1) is 0 Å². The molecule has 0 amide bonds. The van der Waals surface area contributed by atoms with Gasteiger partial charge in [-0.05, 0) is 0 Å². The first-order valence-corrected chi connectivity index (χ1v) is 16.6. The Kier molecular flexibility index (Phi) is 9.34. The Morgan fingerprint density at radius 2 is 1.48 bits per heavy atom. The van der Waals surface area contributed by atoms with E-state index in [9.17, 15) is 5.26 Å². The summed E-state index contributed by atoms with van der Waals surface area (Å²) in [4.78, 5) is 3.63. The van der Waals surface area contributed by atoms with E-state index in [-0.39, 0.29) is 0 Å². The van der Waals surface area contributed by atoms with E-state index in [0.717, 1.165) is 0 Å². The Labute approximate surface area is 146 Å². The summed E-state index contributed by atoms with van der Waals surface area (Å²) in [5.41, 5.74) is 1.34. The molecule has 0 unspecified atom stereocenters. The van der Waals surface area contributed by atoms with Crippen molar-refractivity contribution in [2.75, 3.05) is 0 Å². The van der Waals surface area contributed by atoms with E-state index in [2.05, 4.69) is 43.8 Å². The van der Waals surface area contributed by atoms with Crippen molar-refractivity contribution >= 4 is 27.6 Å². The number of nitrogens with zero attached hydrogens (tertiary/aromatic N) is 2. The number of rotatable bonds is 10. The van der Waals surface area contributed by atoms with E-state index in [0.29, 0.717) is 11.3 Å². The molecule has 0 bridgehead atoms. The van der Waals surface area contributed by atoms with Crippen LogP contribution in [0.3, 0.4) is 0 Å². The number of nitriles is 1. The summed E-state index contributed by atoms with van der Waals surface area (Å²) in [5, 5.41) is 9.35. The van der Waals surface area contributed by atoms with Crippen molar-refractivity contribution in [1.29, 1.82) is 5.26 Å². The maximum absolute atomic E-state index is 9.35. The van der Waals surface area contributed by atoms with Crippen LogP contribution >= 0.6 is 0 Å². The van der Waals surface area contributed by atoms with Crippen molar-refractivity contribution < 1.29 is 0 Å². The molecular weight excluding hydrogens is 387 g/mol. The minimum atomic E-state index is -2.52. The molecule has 1 aromatic carbocycles.